The SMILES string of the molecule is O=C(O)CCC1COC(=O)N1Cc1ccncc1. The van der Waals surface area contributed by atoms with Crippen molar-refractivity contribution in [2.75, 3.05) is 6.61 Å². The third-order valence-electron chi connectivity index (χ3n) is 2.87. The fourth-order valence-electron chi connectivity index (χ4n) is 1.90. The quantitative estimate of drug-likeness (QED) is 0.851. The number of carbonyl (C=O) groups is 2. The summed E-state index contributed by atoms with van der Waals surface area (Å²) in [6.45, 7) is 0.683. The number of carboxylic acid groups (broad SMARTS) is 1. The number of ether oxygens (including phenoxy) is 1. The standard InChI is InChI=1S/C12H14N2O4/c15-11(16)2-1-10-8-18-12(17)14(10)7-9-3-5-13-6-4-9/h3-6,10H,1-2,7-8H2,(H,15,16). The highest BCUT2D eigenvalue weighted by molar-refractivity contribution is 5.71. The number of nitrogens with zero attached hydrogens (tertiary/aromatic N) is 2. The predicted octanol–water partition coefficient (Wildman–Crippen LogP) is 1.27. The monoisotopic (exact) mass is 250 g/mol. The number of carboxylic acids is 1. The Hall–Kier alpha value is -2.11. The van der Waals surface area contributed by atoms with Gasteiger partial charge in [-0.3, -0.25) is 14.7 Å². The van der Waals surface area contributed by atoms with Crippen LogP contribution >= 0.6 is 0 Å². The van der Waals surface area contributed by atoms with E-state index < -0.39 is 5.97 Å². The smallest absolute Gasteiger partial charge is 0.410 e. The van der Waals surface area contributed by atoms with Crippen LogP contribution in [0.3, 0.4) is 0 Å². The molecule has 18 heavy (non-hydrogen) atoms. The molecule has 1 aromatic heterocycles. The van der Waals surface area contributed by atoms with Crippen molar-refractivity contribution in [1.29, 1.82) is 0 Å². The fraction of sp³-hybridized carbons (Fsp3) is 0.417. The third kappa shape index (κ3) is 2.97. The van der Waals surface area contributed by atoms with E-state index in [1.807, 2.05) is 12.1 Å². The molecule has 0 saturated carbocycles. The summed E-state index contributed by atoms with van der Waals surface area (Å²) in [5.74, 6) is -0.863. The molecular formula is C12H14N2O4. The number of rotatable bonds is 5. The van der Waals surface area contributed by atoms with Crippen molar-refractivity contribution in [2.24, 2.45) is 0 Å². The maximum Gasteiger partial charge on any atom is 0.410 e. The minimum Gasteiger partial charge on any atom is -0.481 e. The van der Waals surface area contributed by atoms with Crippen LogP contribution in [0.4, 0.5) is 4.79 Å². The van der Waals surface area contributed by atoms with Crippen molar-refractivity contribution in [3.8, 4) is 0 Å². The molecule has 6 nitrogen and oxygen atoms in total. The number of aromatic nitrogens is 1. The molecule has 6 heteroatoms. The highest BCUT2D eigenvalue weighted by atomic mass is 16.6. The molecule has 2 heterocycles. The fourth-order valence-corrected chi connectivity index (χ4v) is 1.90. The van der Waals surface area contributed by atoms with Crippen LogP contribution < -0.4 is 0 Å². The van der Waals surface area contributed by atoms with Crippen molar-refractivity contribution in [2.45, 2.75) is 25.4 Å². The Kier molecular flexibility index (Phi) is 3.76. The van der Waals surface area contributed by atoms with Crippen molar-refractivity contribution in [3.63, 3.8) is 0 Å². The van der Waals surface area contributed by atoms with Gasteiger partial charge in [-0.1, -0.05) is 0 Å². The molecule has 1 atom stereocenters. The predicted molar refractivity (Wildman–Crippen MR) is 61.8 cm³/mol. The summed E-state index contributed by atoms with van der Waals surface area (Å²) in [6, 6.07) is 3.47. The highest BCUT2D eigenvalue weighted by Gasteiger charge is 2.32. The van der Waals surface area contributed by atoms with Crippen molar-refractivity contribution in [1.82, 2.24) is 9.88 Å². The average Bonchev–Trinajstić information content (AvgIpc) is 2.70. The van der Waals surface area contributed by atoms with Gasteiger partial charge in [0.1, 0.15) is 6.61 Å². The largest absolute Gasteiger partial charge is 0.481 e. The van der Waals surface area contributed by atoms with Crippen LogP contribution in [-0.4, -0.2) is 39.7 Å². The number of amides is 1. The minimum atomic E-state index is -0.863. The second-order valence-corrected chi connectivity index (χ2v) is 4.15. The van der Waals surface area contributed by atoms with E-state index in [4.69, 9.17) is 9.84 Å². The summed E-state index contributed by atoms with van der Waals surface area (Å²) in [6.07, 6.45) is 3.37. The highest BCUT2D eigenvalue weighted by Crippen LogP contribution is 2.19. The van der Waals surface area contributed by atoms with Gasteiger partial charge in [-0.15, -0.1) is 0 Å². The van der Waals surface area contributed by atoms with E-state index in [0.29, 0.717) is 13.0 Å². The first-order chi connectivity index (χ1) is 8.66. The van der Waals surface area contributed by atoms with Gasteiger partial charge in [0, 0.05) is 25.4 Å². The molecule has 1 saturated heterocycles. The molecule has 0 spiro atoms. The summed E-state index contributed by atoms with van der Waals surface area (Å²) in [5, 5.41) is 8.66. The second kappa shape index (κ2) is 5.48. The molecule has 1 N–H and O–H groups in total. The molecular weight excluding hydrogens is 236 g/mol. The van der Waals surface area contributed by atoms with Crippen LogP contribution in [0.1, 0.15) is 18.4 Å². The summed E-state index contributed by atoms with van der Waals surface area (Å²) >= 11 is 0. The molecule has 1 aromatic rings. The van der Waals surface area contributed by atoms with Gasteiger partial charge in [0.25, 0.3) is 0 Å². The Morgan fingerprint density at radius 3 is 2.89 bits per heavy atom. The Morgan fingerprint density at radius 1 is 1.50 bits per heavy atom. The number of pyridine rings is 1. The number of hydrogen-bond donors (Lipinski definition) is 1. The van der Waals surface area contributed by atoms with E-state index in [-0.39, 0.29) is 25.2 Å². The Labute approximate surface area is 104 Å². The van der Waals surface area contributed by atoms with E-state index in [2.05, 4.69) is 4.98 Å². The zero-order chi connectivity index (χ0) is 13.0. The van der Waals surface area contributed by atoms with Gasteiger partial charge in [0.15, 0.2) is 0 Å². The molecule has 0 aliphatic carbocycles. The molecule has 0 bridgehead atoms. The van der Waals surface area contributed by atoms with Crippen LogP contribution in [0.15, 0.2) is 24.5 Å². The van der Waals surface area contributed by atoms with Crippen molar-refractivity contribution < 1.29 is 19.4 Å². The van der Waals surface area contributed by atoms with Crippen LogP contribution in [0.2, 0.25) is 0 Å². The summed E-state index contributed by atoms with van der Waals surface area (Å²) < 4.78 is 4.96. The van der Waals surface area contributed by atoms with Gasteiger partial charge in [-0.25, -0.2) is 4.79 Å². The first-order valence-electron chi connectivity index (χ1n) is 5.71. The van der Waals surface area contributed by atoms with Crippen LogP contribution in [0.5, 0.6) is 0 Å². The van der Waals surface area contributed by atoms with Crippen LogP contribution in [0, 0.1) is 0 Å². The lowest BCUT2D eigenvalue weighted by Crippen LogP contribution is -2.33. The topological polar surface area (TPSA) is 79.7 Å². The lowest BCUT2D eigenvalue weighted by atomic mass is 10.1. The zero-order valence-electron chi connectivity index (χ0n) is 9.78. The van der Waals surface area contributed by atoms with Crippen molar-refractivity contribution in [3.05, 3.63) is 30.1 Å². The Morgan fingerprint density at radius 2 is 2.22 bits per heavy atom. The second-order valence-electron chi connectivity index (χ2n) is 4.15. The lowest BCUT2D eigenvalue weighted by Gasteiger charge is -2.20. The number of cyclic esters (lactones) is 1. The Bertz CT molecular complexity index is 435. The van der Waals surface area contributed by atoms with Gasteiger partial charge in [-0.05, 0) is 24.1 Å². The van der Waals surface area contributed by atoms with E-state index in [9.17, 15) is 9.59 Å². The number of carbonyl (C=O) groups excluding carboxylic acids is 1. The first-order valence-corrected chi connectivity index (χ1v) is 5.71. The lowest BCUT2D eigenvalue weighted by molar-refractivity contribution is -0.137. The van der Waals surface area contributed by atoms with Gasteiger partial charge in [-0.2, -0.15) is 0 Å². The molecule has 1 aliphatic rings. The van der Waals surface area contributed by atoms with Gasteiger partial charge in [0.05, 0.1) is 6.04 Å². The molecule has 2 rings (SSSR count). The first kappa shape index (κ1) is 12.3. The van der Waals surface area contributed by atoms with Gasteiger partial charge < -0.3 is 9.84 Å². The Balaban J connectivity index is 1.99. The molecule has 96 valence electrons. The maximum atomic E-state index is 11.6. The van der Waals surface area contributed by atoms with E-state index in [1.54, 1.807) is 17.3 Å². The van der Waals surface area contributed by atoms with Gasteiger partial charge in [0.2, 0.25) is 0 Å². The third-order valence-corrected chi connectivity index (χ3v) is 2.87. The number of aliphatic carboxylic acids is 1. The number of hydrogen-bond acceptors (Lipinski definition) is 4. The molecule has 1 fully saturated rings. The van der Waals surface area contributed by atoms with Crippen LogP contribution in [-0.2, 0) is 16.1 Å². The summed E-state index contributed by atoms with van der Waals surface area (Å²) in [4.78, 5) is 27.6. The van der Waals surface area contributed by atoms with Crippen molar-refractivity contribution >= 4 is 12.1 Å². The van der Waals surface area contributed by atoms with E-state index in [1.165, 1.54) is 0 Å². The molecule has 1 aliphatic heterocycles. The van der Waals surface area contributed by atoms with E-state index in [0.717, 1.165) is 5.56 Å². The van der Waals surface area contributed by atoms with Gasteiger partial charge >= 0.3 is 12.1 Å². The normalized spacial score (nSPS) is 18.8. The molecule has 1 amide bonds. The molecule has 1 unspecified atom stereocenters. The summed E-state index contributed by atoms with van der Waals surface area (Å²) in [5.41, 5.74) is 0.948. The average molecular weight is 250 g/mol. The zero-order valence-corrected chi connectivity index (χ0v) is 9.78. The molecule has 0 aromatic carbocycles. The van der Waals surface area contributed by atoms with E-state index >= 15 is 0 Å². The van der Waals surface area contributed by atoms with Crippen LogP contribution in [0.25, 0.3) is 0 Å². The summed E-state index contributed by atoms with van der Waals surface area (Å²) in [7, 11) is 0. The minimum absolute atomic E-state index is 0.0359. The maximum absolute atomic E-state index is 11.6. The molecule has 0 radical (unpaired) electrons.